The van der Waals surface area contributed by atoms with Crippen LogP contribution in [0.1, 0.15) is 6.42 Å². The van der Waals surface area contributed by atoms with E-state index in [-0.39, 0.29) is 18.6 Å². The van der Waals surface area contributed by atoms with Gasteiger partial charge in [0.2, 0.25) is 0 Å². The third-order valence-corrected chi connectivity index (χ3v) is 0.586. The first-order valence-electron chi connectivity index (χ1n) is 1.72. The average molecular weight is 116 g/mol. The maximum absolute atomic E-state index is 2.99. The molecule has 0 aromatic rings. The molecule has 0 heterocycles. The van der Waals surface area contributed by atoms with E-state index in [0.717, 1.165) is 6.42 Å². The minimum absolute atomic E-state index is 0. The Labute approximate surface area is 49.8 Å². The summed E-state index contributed by atoms with van der Waals surface area (Å²) in [6.45, 7) is 0. The van der Waals surface area contributed by atoms with Crippen molar-refractivity contribution in [2.75, 3.05) is 0 Å². The molecule has 0 bridgehead atoms. The Morgan fingerprint density at radius 3 is 2.50 bits per heavy atom. The van der Waals surface area contributed by atoms with Gasteiger partial charge in [0.1, 0.15) is 0 Å². The summed E-state index contributed by atoms with van der Waals surface area (Å²) in [6, 6.07) is 0. The standard InChI is InChI=1S/C5H5.V/c1-2-4-5-3-1;/h1-3H,4H2;/q-1;. The van der Waals surface area contributed by atoms with E-state index in [1.165, 1.54) is 0 Å². The second-order valence-electron chi connectivity index (χ2n) is 1.00. The molecule has 0 amide bonds. The molecule has 0 unspecified atom stereocenters. The van der Waals surface area contributed by atoms with Gasteiger partial charge in [-0.25, -0.2) is 12.2 Å². The first-order chi connectivity index (χ1) is 2.50. The zero-order chi connectivity index (χ0) is 3.54. The third kappa shape index (κ3) is 1.49. The molecule has 0 aromatic carbocycles. The second-order valence-corrected chi connectivity index (χ2v) is 1.00. The van der Waals surface area contributed by atoms with Crippen molar-refractivity contribution in [2.24, 2.45) is 0 Å². The molecule has 1 rings (SSSR count). The number of hydrogen-bond acceptors (Lipinski definition) is 0. The average Bonchev–Trinajstić information content (AvgIpc) is 1.76. The van der Waals surface area contributed by atoms with Crippen LogP contribution in [0.5, 0.6) is 0 Å². The van der Waals surface area contributed by atoms with Crippen molar-refractivity contribution in [1.29, 1.82) is 0 Å². The maximum atomic E-state index is 2.99. The van der Waals surface area contributed by atoms with Gasteiger partial charge < -0.3 is 0 Å². The van der Waals surface area contributed by atoms with Crippen molar-refractivity contribution in [1.82, 2.24) is 0 Å². The Balaban J connectivity index is 0.000000250. The van der Waals surface area contributed by atoms with Crippen LogP contribution < -0.4 is 0 Å². The zero-order valence-corrected chi connectivity index (χ0v) is 4.78. The van der Waals surface area contributed by atoms with Crippen molar-refractivity contribution in [3.8, 4) is 0 Å². The second kappa shape index (κ2) is 3.26. The van der Waals surface area contributed by atoms with Gasteiger partial charge in [-0.2, -0.15) is 6.08 Å². The largest absolute Gasteiger partial charge is 0.273 e. The summed E-state index contributed by atoms with van der Waals surface area (Å²) in [6.07, 6.45) is 10.0. The molecular formula is C5H5V-. The normalized spacial score (nSPS) is 14.7. The summed E-state index contributed by atoms with van der Waals surface area (Å²) >= 11 is 0. The van der Waals surface area contributed by atoms with E-state index in [4.69, 9.17) is 0 Å². The van der Waals surface area contributed by atoms with Crippen LogP contribution in [0.3, 0.4) is 0 Å². The quantitative estimate of drug-likeness (QED) is 0.418. The van der Waals surface area contributed by atoms with E-state index in [9.17, 15) is 0 Å². The Morgan fingerprint density at radius 1 is 1.50 bits per heavy atom. The van der Waals surface area contributed by atoms with Crippen LogP contribution in [0, 0.1) is 6.08 Å². The SMILES string of the molecule is [C-]1=CC=CC1.[V]. The molecule has 6 heavy (non-hydrogen) atoms. The van der Waals surface area contributed by atoms with Crippen LogP contribution in [0.2, 0.25) is 0 Å². The van der Waals surface area contributed by atoms with Crippen LogP contribution in [0.4, 0.5) is 0 Å². The van der Waals surface area contributed by atoms with Crippen molar-refractivity contribution in [3.63, 3.8) is 0 Å². The molecule has 1 aliphatic rings. The predicted molar refractivity (Wildman–Crippen MR) is 21.6 cm³/mol. The van der Waals surface area contributed by atoms with E-state index >= 15 is 0 Å². The fourth-order valence-electron chi connectivity index (χ4n) is 0.340. The zero-order valence-electron chi connectivity index (χ0n) is 3.39. The van der Waals surface area contributed by atoms with Gasteiger partial charge in [0.05, 0.1) is 0 Å². The van der Waals surface area contributed by atoms with Gasteiger partial charge in [-0.3, -0.25) is 6.08 Å². The molecule has 1 radical (unpaired) electrons. The van der Waals surface area contributed by atoms with E-state index in [1.807, 2.05) is 12.2 Å². The Kier molecular flexibility index (Phi) is 3.30. The molecule has 1 heteroatoms. The molecule has 0 aliphatic heterocycles. The van der Waals surface area contributed by atoms with Gasteiger partial charge in [-0.05, 0) is 0 Å². The molecule has 0 fully saturated rings. The molecule has 1 aliphatic carbocycles. The first-order valence-corrected chi connectivity index (χ1v) is 1.72. The Hall–Kier alpha value is 0.0644. The molecule has 31 valence electrons. The van der Waals surface area contributed by atoms with Crippen molar-refractivity contribution in [3.05, 3.63) is 24.3 Å². The summed E-state index contributed by atoms with van der Waals surface area (Å²) in [7, 11) is 0. The molecule has 0 saturated carbocycles. The van der Waals surface area contributed by atoms with Gasteiger partial charge in [0, 0.05) is 18.6 Å². The van der Waals surface area contributed by atoms with Crippen LogP contribution in [-0.2, 0) is 18.6 Å². The molecule has 0 nitrogen and oxygen atoms in total. The molecule has 0 atom stereocenters. The third-order valence-electron chi connectivity index (χ3n) is 0.586. The molecule has 0 aromatic heterocycles. The summed E-state index contributed by atoms with van der Waals surface area (Å²) in [4.78, 5) is 0. The van der Waals surface area contributed by atoms with E-state index in [1.54, 1.807) is 0 Å². The number of rotatable bonds is 0. The van der Waals surface area contributed by atoms with Crippen molar-refractivity contribution >= 4 is 0 Å². The van der Waals surface area contributed by atoms with Gasteiger partial charge in [-0.15, -0.1) is 6.42 Å². The molecular weight excluding hydrogens is 111 g/mol. The summed E-state index contributed by atoms with van der Waals surface area (Å²) in [5, 5.41) is 0. The summed E-state index contributed by atoms with van der Waals surface area (Å²) < 4.78 is 0. The molecule has 0 spiro atoms. The van der Waals surface area contributed by atoms with Gasteiger partial charge in [0.15, 0.2) is 0 Å². The number of allylic oxidation sites excluding steroid dienone is 4. The Bertz CT molecular complexity index is 62.0. The van der Waals surface area contributed by atoms with Crippen molar-refractivity contribution < 1.29 is 18.6 Å². The molecule has 0 saturated heterocycles. The minimum Gasteiger partial charge on any atom is -0.273 e. The minimum atomic E-state index is 0. The summed E-state index contributed by atoms with van der Waals surface area (Å²) in [5.41, 5.74) is 0. The van der Waals surface area contributed by atoms with Gasteiger partial charge in [0.25, 0.3) is 0 Å². The fraction of sp³-hybridized carbons (Fsp3) is 0.200. The fourth-order valence-corrected chi connectivity index (χ4v) is 0.340. The maximum Gasteiger partial charge on any atom is 0 e. The van der Waals surface area contributed by atoms with E-state index < -0.39 is 0 Å². The number of hydrogen-bond donors (Lipinski definition) is 0. The molecule has 0 N–H and O–H groups in total. The smallest absolute Gasteiger partial charge is 0 e. The van der Waals surface area contributed by atoms with Crippen LogP contribution in [0.25, 0.3) is 0 Å². The van der Waals surface area contributed by atoms with E-state index in [2.05, 4.69) is 12.2 Å². The predicted octanol–water partition coefficient (Wildman–Crippen LogP) is 1.30. The van der Waals surface area contributed by atoms with E-state index in [0.29, 0.717) is 0 Å². The topological polar surface area (TPSA) is 0 Å². The van der Waals surface area contributed by atoms with Crippen LogP contribution in [0.15, 0.2) is 18.2 Å². The van der Waals surface area contributed by atoms with Crippen LogP contribution in [-0.4, -0.2) is 0 Å². The van der Waals surface area contributed by atoms with Crippen molar-refractivity contribution in [2.45, 2.75) is 6.42 Å². The van der Waals surface area contributed by atoms with Gasteiger partial charge >= 0.3 is 0 Å². The van der Waals surface area contributed by atoms with Gasteiger partial charge in [-0.1, -0.05) is 0 Å². The monoisotopic (exact) mass is 116 g/mol. The van der Waals surface area contributed by atoms with Crippen LogP contribution >= 0.6 is 0 Å². The Morgan fingerprint density at radius 2 is 2.33 bits per heavy atom. The summed E-state index contributed by atoms with van der Waals surface area (Å²) in [5.74, 6) is 0. The first kappa shape index (κ1) is 6.06.